The second kappa shape index (κ2) is 11.3. The number of nitrogens with one attached hydrogen (secondary N) is 1. The molecule has 0 saturated heterocycles. The number of amides is 1. The van der Waals surface area contributed by atoms with Gasteiger partial charge in [0.1, 0.15) is 10.8 Å². The summed E-state index contributed by atoms with van der Waals surface area (Å²) in [7, 11) is 1.56. The van der Waals surface area contributed by atoms with Gasteiger partial charge >= 0.3 is 5.97 Å². The van der Waals surface area contributed by atoms with Crippen molar-refractivity contribution in [3.63, 3.8) is 0 Å². The van der Waals surface area contributed by atoms with Crippen LogP contribution in [0.1, 0.15) is 46.3 Å². The van der Waals surface area contributed by atoms with E-state index in [0.29, 0.717) is 38.5 Å². The molecule has 1 aliphatic carbocycles. The van der Waals surface area contributed by atoms with Crippen LogP contribution in [0.15, 0.2) is 39.1 Å². The van der Waals surface area contributed by atoms with Gasteiger partial charge in [-0.3, -0.25) is 14.2 Å². The maximum absolute atomic E-state index is 13.5. The van der Waals surface area contributed by atoms with Crippen LogP contribution in [-0.4, -0.2) is 46.6 Å². The zero-order valence-electron chi connectivity index (χ0n) is 20.6. The predicted octanol–water partition coefficient (Wildman–Crippen LogP) is 4.74. The Labute approximate surface area is 227 Å². The van der Waals surface area contributed by atoms with E-state index in [0.717, 1.165) is 47.6 Å². The number of thiophene rings is 1. The van der Waals surface area contributed by atoms with Gasteiger partial charge in [0.25, 0.3) is 5.56 Å². The van der Waals surface area contributed by atoms with Crippen LogP contribution in [0.3, 0.4) is 0 Å². The quantitative estimate of drug-likeness (QED) is 0.241. The summed E-state index contributed by atoms with van der Waals surface area (Å²) < 4.78 is 12.3. The molecule has 2 aliphatic rings. The van der Waals surface area contributed by atoms with Crippen LogP contribution in [0.4, 0.5) is 5.00 Å². The van der Waals surface area contributed by atoms with Crippen molar-refractivity contribution in [2.75, 3.05) is 30.5 Å². The van der Waals surface area contributed by atoms with Crippen molar-refractivity contribution in [2.24, 2.45) is 0 Å². The molecule has 3 aromatic rings. The summed E-state index contributed by atoms with van der Waals surface area (Å²) in [6.07, 6.45) is 4.52. The SMILES string of the molecule is CCOC(=O)c1c(NC(=O)CSc2nc3c(c(=O)n2-c2ccccc2OC)SCC3)sc2c1CCCC2. The smallest absolute Gasteiger partial charge is 0.341 e. The number of nitrogens with zero attached hydrogens (tertiary/aromatic N) is 2. The maximum Gasteiger partial charge on any atom is 0.341 e. The minimum atomic E-state index is -0.396. The summed E-state index contributed by atoms with van der Waals surface area (Å²) in [6, 6.07) is 7.27. The Balaban J connectivity index is 1.42. The average molecular weight is 558 g/mol. The Hall–Kier alpha value is -2.76. The number of para-hydroxylation sites is 2. The first kappa shape index (κ1) is 25.9. The first-order valence-electron chi connectivity index (χ1n) is 12.2. The molecule has 1 N–H and O–H groups in total. The van der Waals surface area contributed by atoms with Gasteiger partial charge in [-0.05, 0) is 50.3 Å². The van der Waals surface area contributed by atoms with Crippen LogP contribution in [0, 0.1) is 0 Å². The summed E-state index contributed by atoms with van der Waals surface area (Å²) in [5, 5.41) is 3.91. The number of ether oxygens (including phenoxy) is 2. The molecule has 1 aromatic carbocycles. The first-order valence-corrected chi connectivity index (χ1v) is 15.0. The average Bonchev–Trinajstić information content (AvgIpc) is 3.52. The fraction of sp³-hybridized carbons (Fsp3) is 0.385. The Morgan fingerprint density at radius 1 is 1.19 bits per heavy atom. The minimum absolute atomic E-state index is 0.0261. The topological polar surface area (TPSA) is 99.5 Å². The first-order chi connectivity index (χ1) is 18.0. The number of rotatable bonds is 8. The second-order valence-corrected chi connectivity index (χ2v) is 11.7. The third kappa shape index (κ3) is 5.17. The molecule has 2 aromatic heterocycles. The predicted molar refractivity (Wildman–Crippen MR) is 147 cm³/mol. The van der Waals surface area contributed by atoms with Gasteiger partial charge in [-0.15, -0.1) is 23.1 Å². The molecule has 11 heteroatoms. The molecule has 37 heavy (non-hydrogen) atoms. The lowest BCUT2D eigenvalue weighted by Gasteiger charge is -2.16. The van der Waals surface area contributed by atoms with Crippen LogP contribution >= 0.6 is 34.9 Å². The molecule has 0 saturated carbocycles. The van der Waals surface area contributed by atoms with Crippen LogP contribution in [0.25, 0.3) is 5.69 Å². The summed E-state index contributed by atoms with van der Waals surface area (Å²) in [6.45, 7) is 2.05. The molecule has 0 radical (unpaired) electrons. The van der Waals surface area contributed by atoms with E-state index >= 15 is 0 Å². The zero-order chi connectivity index (χ0) is 25.9. The van der Waals surface area contributed by atoms with Gasteiger partial charge < -0.3 is 14.8 Å². The fourth-order valence-electron chi connectivity index (χ4n) is 4.58. The van der Waals surface area contributed by atoms with E-state index in [4.69, 9.17) is 14.5 Å². The molecule has 1 aliphatic heterocycles. The number of anilines is 1. The second-order valence-electron chi connectivity index (χ2n) is 8.55. The number of hydrogen-bond acceptors (Lipinski definition) is 9. The van der Waals surface area contributed by atoms with Crippen LogP contribution in [0.5, 0.6) is 5.75 Å². The number of hydrogen-bond donors (Lipinski definition) is 1. The van der Waals surface area contributed by atoms with Gasteiger partial charge in [-0.1, -0.05) is 23.9 Å². The summed E-state index contributed by atoms with van der Waals surface area (Å²) in [5.41, 5.74) is 2.67. The Morgan fingerprint density at radius 2 is 2.00 bits per heavy atom. The number of fused-ring (bicyclic) bond motifs is 2. The number of aryl methyl sites for hydroxylation is 2. The van der Waals surface area contributed by atoms with Crippen molar-refractivity contribution < 1.29 is 19.1 Å². The van der Waals surface area contributed by atoms with Crippen LogP contribution < -0.4 is 15.6 Å². The van der Waals surface area contributed by atoms with Crippen molar-refractivity contribution in [3.8, 4) is 11.4 Å². The number of methoxy groups -OCH3 is 1. The van der Waals surface area contributed by atoms with Gasteiger partial charge in [0.15, 0.2) is 5.16 Å². The molecule has 0 atom stereocenters. The van der Waals surface area contributed by atoms with E-state index < -0.39 is 5.97 Å². The van der Waals surface area contributed by atoms with Crippen molar-refractivity contribution in [1.82, 2.24) is 9.55 Å². The third-order valence-electron chi connectivity index (χ3n) is 6.23. The van der Waals surface area contributed by atoms with E-state index in [1.807, 2.05) is 12.1 Å². The number of carbonyl (C=O) groups is 2. The molecule has 194 valence electrons. The Morgan fingerprint density at radius 3 is 2.81 bits per heavy atom. The molecule has 0 bridgehead atoms. The zero-order valence-corrected chi connectivity index (χ0v) is 23.1. The normalized spacial score (nSPS) is 14.1. The van der Waals surface area contributed by atoms with Crippen LogP contribution in [-0.2, 0) is 28.8 Å². The Kier molecular flexibility index (Phi) is 7.92. The van der Waals surface area contributed by atoms with Gasteiger partial charge in [0, 0.05) is 17.1 Å². The van der Waals surface area contributed by atoms with Gasteiger partial charge in [0.05, 0.1) is 41.3 Å². The number of carbonyl (C=O) groups excluding carboxylic acids is 2. The molecule has 1 amide bonds. The molecule has 0 unspecified atom stereocenters. The van der Waals surface area contributed by atoms with E-state index in [9.17, 15) is 14.4 Å². The van der Waals surface area contributed by atoms with E-state index in [2.05, 4.69) is 5.32 Å². The lowest BCUT2D eigenvalue weighted by Crippen LogP contribution is -2.25. The summed E-state index contributed by atoms with van der Waals surface area (Å²) >= 11 is 4.15. The monoisotopic (exact) mass is 557 g/mol. The third-order valence-corrected chi connectivity index (χ3v) is 9.48. The molecule has 8 nitrogen and oxygen atoms in total. The minimum Gasteiger partial charge on any atom is -0.495 e. The van der Waals surface area contributed by atoms with Crippen molar-refractivity contribution in [1.29, 1.82) is 0 Å². The molecular weight excluding hydrogens is 531 g/mol. The van der Waals surface area contributed by atoms with Gasteiger partial charge in [0.2, 0.25) is 5.91 Å². The highest BCUT2D eigenvalue weighted by atomic mass is 32.2. The van der Waals surface area contributed by atoms with E-state index in [-0.39, 0.29) is 23.8 Å². The lowest BCUT2D eigenvalue weighted by atomic mass is 9.95. The Bertz CT molecular complexity index is 1420. The van der Waals surface area contributed by atoms with E-state index in [1.165, 1.54) is 39.4 Å². The summed E-state index contributed by atoms with van der Waals surface area (Å²) in [4.78, 5) is 45.8. The van der Waals surface area contributed by atoms with E-state index in [1.54, 1.807) is 26.2 Å². The van der Waals surface area contributed by atoms with Crippen molar-refractivity contribution in [2.45, 2.75) is 49.1 Å². The van der Waals surface area contributed by atoms with Gasteiger partial charge in [-0.2, -0.15) is 0 Å². The van der Waals surface area contributed by atoms with Crippen molar-refractivity contribution in [3.05, 3.63) is 56.3 Å². The van der Waals surface area contributed by atoms with Crippen LogP contribution in [0.2, 0.25) is 0 Å². The highest BCUT2D eigenvalue weighted by Gasteiger charge is 2.28. The lowest BCUT2D eigenvalue weighted by molar-refractivity contribution is -0.113. The summed E-state index contributed by atoms with van der Waals surface area (Å²) in [5.74, 6) is 0.706. The number of benzene rings is 1. The number of esters is 1. The molecule has 0 spiro atoms. The molecule has 5 rings (SSSR count). The fourth-order valence-corrected chi connectivity index (χ4v) is 7.72. The largest absolute Gasteiger partial charge is 0.495 e. The number of aromatic nitrogens is 2. The maximum atomic E-state index is 13.5. The highest BCUT2D eigenvalue weighted by Crippen LogP contribution is 2.39. The standard InChI is InChI=1S/C26H27N3O5S3/c1-3-34-25(32)21-15-8-4-7-11-19(15)37-23(21)28-20(30)14-36-26-27-16-12-13-35-22(16)24(31)29(26)17-9-5-6-10-18(17)33-2/h5-6,9-10H,3-4,7-8,11-14H2,1-2H3,(H,28,30). The van der Waals surface area contributed by atoms with Gasteiger partial charge in [-0.25, -0.2) is 9.78 Å². The number of thioether (sulfide) groups is 2. The molecule has 0 fully saturated rings. The highest BCUT2D eigenvalue weighted by molar-refractivity contribution is 8.00. The molecular formula is C26H27N3O5S3. The van der Waals surface area contributed by atoms with Crippen molar-refractivity contribution >= 4 is 51.7 Å². The molecule has 3 heterocycles.